The number of nitrogens with zero attached hydrogens (tertiary/aromatic N) is 4. The Morgan fingerprint density at radius 2 is 2.00 bits per heavy atom. The van der Waals surface area contributed by atoms with Crippen LogP contribution in [-0.2, 0) is 11.8 Å². The molecular formula is C23H31N6O3S-. The summed E-state index contributed by atoms with van der Waals surface area (Å²) in [5.74, 6) is 0.773. The fraction of sp³-hybridized carbons (Fsp3) is 0.522. The van der Waals surface area contributed by atoms with Crippen LogP contribution < -0.4 is 16.2 Å². The molecule has 10 heteroatoms. The summed E-state index contributed by atoms with van der Waals surface area (Å²) < 4.78 is 32.6. The largest absolute Gasteiger partial charge is 0.750 e. The van der Waals surface area contributed by atoms with E-state index in [-0.39, 0.29) is 23.6 Å². The summed E-state index contributed by atoms with van der Waals surface area (Å²) in [6, 6.07) is 5.74. The first kappa shape index (κ1) is 23.7. The third-order valence-electron chi connectivity index (χ3n) is 6.65. The SMILES string of the molecule is CN(CC#N)S([O-])(O)c1c(OC2CCC(N)CC2)ccc2c1CC(C)(C)c1c(N)ncnc1-2. The summed E-state index contributed by atoms with van der Waals surface area (Å²) in [6.45, 7) is 3.84. The van der Waals surface area contributed by atoms with Crippen LogP contribution in [0.2, 0.25) is 0 Å². The van der Waals surface area contributed by atoms with Crippen molar-refractivity contribution in [2.24, 2.45) is 5.73 Å². The highest BCUT2D eigenvalue weighted by Gasteiger charge is 2.38. The van der Waals surface area contributed by atoms with Gasteiger partial charge in [0.05, 0.1) is 22.8 Å². The van der Waals surface area contributed by atoms with E-state index in [9.17, 15) is 14.4 Å². The van der Waals surface area contributed by atoms with Crippen molar-refractivity contribution in [3.8, 4) is 23.1 Å². The lowest BCUT2D eigenvalue weighted by molar-refractivity contribution is 0.142. The number of fused-ring (bicyclic) bond motifs is 3. The minimum absolute atomic E-state index is 0.0834. The molecule has 178 valence electrons. The van der Waals surface area contributed by atoms with Crippen LogP contribution >= 0.6 is 10.8 Å². The summed E-state index contributed by atoms with van der Waals surface area (Å²) in [4.78, 5) is 8.87. The van der Waals surface area contributed by atoms with Crippen molar-refractivity contribution in [1.29, 1.82) is 5.26 Å². The summed E-state index contributed by atoms with van der Waals surface area (Å²) in [5, 5.41) is 9.18. The van der Waals surface area contributed by atoms with Gasteiger partial charge in [0.25, 0.3) is 0 Å². The van der Waals surface area contributed by atoms with Gasteiger partial charge in [-0.3, -0.25) is 10.8 Å². The van der Waals surface area contributed by atoms with Gasteiger partial charge in [0.2, 0.25) is 0 Å². The first-order valence-corrected chi connectivity index (χ1v) is 12.6. The minimum Gasteiger partial charge on any atom is -0.750 e. The van der Waals surface area contributed by atoms with Gasteiger partial charge in [-0.15, -0.1) is 0 Å². The maximum absolute atomic E-state index is 13.8. The number of hydrogen-bond donors (Lipinski definition) is 3. The first-order chi connectivity index (χ1) is 15.6. The fourth-order valence-corrected chi connectivity index (χ4v) is 6.34. The van der Waals surface area contributed by atoms with Crippen molar-refractivity contribution < 1.29 is 13.8 Å². The zero-order chi connectivity index (χ0) is 24.0. The van der Waals surface area contributed by atoms with E-state index in [4.69, 9.17) is 16.2 Å². The van der Waals surface area contributed by atoms with Crippen molar-refractivity contribution in [3.63, 3.8) is 0 Å². The highest BCUT2D eigenvalue weighted by Crippen LogP contribution is 2.60. The van der Waals surface area contributed by atoms with E-state index in [1.807, 2.05) is 26.0 Å². The van der Waals surface area contributed by atoms with E-state index in [2.05, 4.69) is 9.97 Å². The topological polar surface area (TPSA) is 157 Å². The van der Waals surface area contributed by atoms with E-state index in [1.165, 1.54) is 17.7 Å². The zero-order valence-corrected chi connectivity index (χ0v) is 20.1. The van der Waals surface area contributed by atoms with Crippen LogP contribution in [0.3, 0.4) is 0 Å². The highest BCUT2D eigenvalue weighted by molar-refractivity contribution is 8.22. The second-order valence-electron chi connectivity index (χ2n) is 9.56. The van der Waals surface area contributed by atoms with Crippen LogP contribution in [-0.4, -0.2) is 49.1 Å². The summed E-state index contributed by atoms with van der Waals surface area (Å²) in [7, 11) is -2.29. The van der Waals surface area contributed by atoms with Crippen molar-refractivity contribution in [2.45, 2.75) is 68.4 Å². The molecule has 0 radical (unpaired) electrons. The number of benzene rings is 1. The molecule has 1 heterocycles. The van der Waals surface area contributed by atoms with Crippen molar-refractivity contribution in [2.75, 3.05) is 19.3 Å². The molecule has 0 amide bonds. The van der Waals surface area contributed by atoms with Crippen LogP contribution in [0.15, 0.2) is 23.4 Å². The molecule has 4 rings (SSSR count). The monoisotopic (exact) mass is 471 g/mol. The number of rotatable bonds is 5. The van der Waals surface area contributed by atoms with Crippen molar-refractivity contribution >= 4 is 16.6 Å². The van der Waals surface area contributed by atoms with Gasteiger partial charge in [-0.1, -0.05) is 13.8 Å². The molecule has 1 unspecified atom stereocenters. The Bertz CT molecular complexity index is 1090. The molecule has 9 nitrogen and oxygen atoms in total. The molecular weight excluding hydrogens is 440 g/mol. The van der Waals surface area contributed by atoms with E-state index in [1.54, 1.807) is 6.07 Å². The summed E-state index contributed by atoms with van der Waals surface area (Å²) in [5.41, 5.74) is 14.7. The fourth-order valence-electron chi connectivity index (χ4n) is 4.92. The molecule has 2 aromatic rings. The third-order valence-corrected chi connectivity index (χ3v) is 8.60. The van der Waals surface area contributed by atoms with Crippen LogP contribution in [0, 0.1) is 11.3 Å². The predicted octanol–water partition coefficient (Wildman–Crippen LogP) is 3.35. The molecule has 0 aliphatic heterocycles. The van der Waals surface area contributed by atoms with E-state index in [0.29, 0.717) is 29.2 Å². The molecule has 1 fully saturated rings. The van der Waals surface area contributed by atoms with Crippen LogP contribution in [0.4, 0.5) is 5.82 Å². The Morgan fingerprint density at radius 3 is 2.67 bits per heavy atom. The van der Waals surface area contributed by atoms with Gasteiger partial charge in [0.1, 0.15) is 24.4 Å². The van der Waals surface area contributed by atoms with Crippen molar-refractivity contribution in [1.82, 2.24) is 14.3 Å². The molecule has 0 spiro atoms. The Labute approximate surface area is 196 Å². The Morgan fingerprint density at radius 1 is 1.30 bits per heavy atom. The molecule has 33 heavy (non-hydrogen) atoms. The molecule has 5 N–H and O–H groups in total. The van der Waals surface area contributed by atoms with Gasteiger partial charge in [0.15, 0.2) is 0 Å². The van der Waals surface area contributed by atoms with E-state index < -0.39 is 16.2 Å². The van der Waals surface area contributed by atoms with Gasteiger partial charge in [0, 0.05) is 24.2 Å². The lowest BCUT2D eigenvalue weighted by Gasteiger charge is -2.53. The van der Waals surface area contributed by atoms with Crippen LogP contribution in [0.5, 0.6) is 5.75 Å². The van der Waals surface area contributed by atoms with Gasteiger partial charge in [-0.2, -0.15) is 5.26 Å². The zero-order valence-electron chi connectivity index (χ0n) is 19.2. The molecule has 0 saturated heterocycles. The Hall–Kier alpha value is -2.42. The van der Waals surface area contributed by atoms with Crippen LogP contribution in [0.1, 0.15) is 50.7 Å². The number of nitriles is 1. The molecule has 2 aliphatic rings. The smallest absolute Gasteiger partial charge is 0.141 e. The van der Waals surface area contributed by atoms with Gasteiger partial charge < -0.3 is 25.3 Å². The molecule has 1 aromatic carbocycles. The number of nitrogen functional groups attached to an aromatic ring is 1. The Kier molecular flexibility index (Phi) is 6.28. The summed E-state index contributed by atoms with van der Waals surface area (Å²) in [6.07, 6.45) is 5.06. The Balaban J connectivity index is 1.90. The average molecular weight is 472 g/mol. The number of nitrogens with two attached hydrogens (primary N) is 2. The van der Waals surface area contributed by atoms with E-state index in [0.717, 1.165) is 36.8 Å². The van der Waals surface area contributed by atoms with Gasteiger partial charge >= 0.3 is 0 Å². The molecule has 0 bridgehead atoms. The molecule has 1 atom stereocenters. The van der Waals surface area contributed by atoms with E-state index >= 15 is 0 Å². The lowest BCUT2D eigenvalue weighted by Crippen LogP contribution is -2.33. The maximum Gasteiger partial charge on any atom is 0.141 e. The first-order valence-electron chi connectivity index (χ1n) is 11.1. The molecule has 2 aliphatic carbocycles. The second-order valence-corrected chi connectivity index (χ2v) is 11.6. The number of anilines is 1. The number of ether oxygens (including phenoxy) is 1. The quantitative estimate of drug-likeness (QED) is 0.556. The molecule has 1 saturated carbocycles. The van der Waals surface area contributed by atoms with Crippen molar-refractivity contribution in [3.05, 3.63) is 29.6 Å². The number of aromatic nitrogens is 2. The summed E-state index contributed by atoms with van der Waals surface area (Å²) >= 11 is 0. The van der Waals surface area contributed by atoms with Gasteiger partial charge in [-0.05, 0) is 55.2 Å². The van der Waals surface area contributed by atoms with Crippen LogP contribution in [0.25, 0.3) is 11.3 Å². The standard InChI is InChI=1S/C23H32N6O3S/c1-23(2)12-17-16(20-19(23)22(26)28-13-27-20)8-9-18(32-15-6-4-14(25)5-7-15)21(17)33(30,31)29(3)11-10-24/h8-9,13-15,30-31H,4-7,11-12,25H2,1-3H3,(H2,26,27,28)/p-1. The normalized spacial score (nSPS) is 24.2. The highest BCUT2D eigenvalue weighted by atomic mass is 32.3. The maximum atomic E-state index is 13.8. The number of hydrogen-bond acceptors (Lipinski definition) is 9. The second kappa shape index (κ2) is 8.74. The minimum atomic E-state index is -3.76. The average Bonchev–Trinajstić information content (AvgIpc) is 2.74. The third kappa shape index (κ3) is 4.27. The lowest BCUT2D eigenvalue weighted by atomic mass is 9.72. The predicted molar refractivity (Wildman–Crippen MR) is 127 cm³/mol. The van der Waals surface area contributed by atoms with Gasteiger partial charge in [-0.25, -0.2) is 14.3 Å². The molecule has 1 aromatic heterocycles.